The first-order valence-electron chi connectivity index (χ1n) is 8.76. The molecule has 2 heterocycles. The number of carbonyl (C=O) groups is 1. The van der Waals surface area contributed by atoms with E-state index in [4.69, 9.17) is 0 Å². The van der Waals surface area contributed by atoms with Gasteiger partial charge < -0.3 is 4.90 Å². The monoisotopic (exact) mass is 396 g/mol. The van der Waals surface area contributed by atoms with Crippen LogP contribution < -0.4 is 0 Å². The SMILES string of the molecule is Cc1ccncc1C1=CCN(C(=O)C2(c3ccc(Br)cc3)CC2)CC1. The molecular formula is C21H21BrN2O. The van der Waals surface area contributed by atoms with Crippen molar-refractivity contribution in [3.05, 3.63) is 70.0 Å². The first kappa shape index (κ1) is 16.5. The fourth-order valence-electron chi connectivity index (χ4n) is 3.72. The van der Waals surface area contributed by atoms with Gasteiger partial charge in [0.05, 0.1) is 5.41 Å². The van der Waals surface area contributed by atoms with Crippen LogP contribution in [0.1, 0.15) is 36.0 Å². The largest absolute Gasteiger partial charge is 0.338 e. The molecule has 0 spiro atoms. The molecular weight excluding hydrogens is 376 g/mol. The number of amides is 1. The Bertz CT molecular complexity index is 837. The van der Waals surface area contributed by atoms with Crippen molar-refractivity contribution in [2.24, 2.45) is 0 Å². The van der Waals surface area contributed by atoms with E-state index in [0.717, 1.165) is 35.8 Å². The Morgan fingerprint density at radius 3 is 2.56 bits per heavy atom. The number of hydrogen-bond donors (Lipinski definition) is 0. The van der Waals surface area contributed by atoms with Gasteiger partial charge in [-0.2, -0.15) is 0 Å². The normalized spacial score (nSPS) is 18.6. The highest BCUT2D eigenvalue weighted by Crippen LogP contribution is 2.50. The van der Waals surface area contributed by atoms with Crippen LogP contribution in [0.4, 0.5) is 0 Å². The highest BCUT2D eigenvalue weighted by Gasteiger charge is 2.52. The Morgan fingerprint density at radius 1 is 1.20 bits per heavy atom. The number of nitrogens with zero attached hydrogens (tertiary/aromatic N) is 2. The molecule has 4 rings (SSSR count). The van der Waals surface area contributed by atoms with Crippen LogP contribution in [0.5, 0.6) is 0 Å². The summed E-state index contributed by atoms with van der Waals surface area (Å²) in [6.45, 7) is 3.60. The van der Waals surface area contributed by atoms with E-state index in [-0.39, 0.29) is 11.3 Å². The fraction of sp³-hybridized carbons (Fsp3) is 0.333. The van der Waals surface area contributed by atoms with E-state index in [9.17, 15) is 4.79 Å². The molecule has 0 unspecified atom stereocenters. The predicted octanol–water partition coefficient (Wildman–Crippen LogP) is 4.50. The summed E-state index contributed by atoms with van der Waals surface area (Å²) >= 11 is 3.47. The van der Waals surface area contributed by atoms with E-state index < -0.39 is 0 Å². The minimum absolute atomic E-state index is 0.281. The smallest absolute Gasteiger partial charge is 0.233 e. The van der Waals surface area contributed by atoms with E-state index >= 15 is 0 Å². The first-order chi connectivity index (χ1) is 12.1. The third kappa shape index (κ3) is 3.04. The molecule has 2 aliphatic rings. The minimum atomic E-state index is -0.281. The van der Waals surface area contributed by atoms with Crippen molar-refractivity contribution in [2.75, 3.05) is 13.1 Å². The first-order valence-corrected chi connectivity index (χ1v) is 9.55. The van der Waals surface area contributed by atoms with Crippen molar-refractivity contribution in [1.29, 1.82) is 0 Å². The summed E-state index contributed by atoms with van der Waals surface area (Å²) in [7, 11) is 0. The van der Waals surface area contributed by atoms with Gasteiger partial charge in [0.25, 0.3) is 0 Å². The standard InChI is InChI=1S/C21H21BrN2O/c1-15-6-11-23-14-19(15)16-7-12-24(13-8-16)20(25)21(9-10-21)17-2-4-18(22)5-3-17/h2-7,11,14H,8-10,12-13H2,1H3. The van der Waals surface area contributed by atoms with Crippen molar-refractivity contribution < 1.29 is 4.79 Å². The molecule has 0 radical (unpaired) electrons. The van der Waals surface area contributed by atoms with E-state index in [0.29, 0.717) is 6.54 Å². The summed E-state index contributed by atoms with van der Waals surface area (Å²) in [4.78, 5) is 19.4. The molecule has 4 heteroatoms. The van der Waals surface area contributed by atoms with Crippen LogP contribution in [0.25, 0.3) is 5.57 Å². The number of benzene rings is 1. The zero-order chi connectivity index (χ0) is 17.4. The Balaban J connectivity index is 1.52. The topological polar surface area (TPSA) is 33.2 Å². The number of hydrogen-bond acceptors (Lipinski definition) is 2. The summed E-state index contributed by atoms with van der Waals surface area (Å²) in [5.41, 5.74) is 4.64. The van der Waals surface area contributed by atoms with Crippen molar-refractivity contribution >= 4 is 27.4 Å². The molecule has 0 saturated heterocycles. The second-order valence-corrected chi connectivity index (χ2v) is 7.93. The number of halogens is 1. The van der Waals surface area contributed by atoms with Crippen LogP contribution in [0.15, 0.2) is 53.3 Å². The molecule has 1 amide bonds. The van der Waals surface area contributed by atoms with Gasteiger partial charge in [-0.1, -0.05) is 34.1 Å². The summed E-state index contributed by atoms with van der Waals surface area (Å²) in [5.74, 6) is 0.285. The maximum atomic E-state index is 13.2. The zero-order valence-corrected chi connectivity index (χ0v) is 15.9. The lowest BCUT2D eigenvalue weighted by molar-refractivity contribution is -0.133. The molecule has 1 aliphatic carbocycles. The van der Waals surface area contributed by atoms with Gasteiger partial charge in [-0.3, -0.25) is 9.78 Å². The maximum Gasteiger partial charge on any atom is 0.233 e. The quantitative estimate of drug-likeness (QED) is 0.764. The Labute approximate surface area is 156 Å². The van der Waals surface area contributed by atoms with E-state index in [2.05, 4.69) is 46.0 Å². The maximum absolute atomic E-state index is 13.2. The summed E-state index contributed by atoms with van der Waals surface area (Å²) < 4.78 is 1.05. The third-order valence-corrected chi connectivity index (χ3v) is 5.97. The fourth-order valence-corrected chi connectivity index (χ4v) is 3.99. The lowest BCUT2D eigenvalue weighted by Gasteiger charge is -2.30. The van der Waals surface area contributed by atoms with Crippen LogP contribution in [0.3, 0.4) is 0 Å². The predicted molar refractivity (Wildman–Crippen MR) is 103 cm³/mol. The molecule has 1 saturated carbocycles. The van der Waals surface area contributed by atoms with Crippen LogP contribution in [0.2, 0.25) is 0 Å². The minimum Gasteiger partial charge on any atom is -0.338 e. The van der Waals surface area contributed by atoms with Gasteiger partial charge in [0.15, 0.2) is 0 Å². The number of carbonyl (C=O) groups excluding carboxylic acids is 1. The van der Waals surface area contributed by atoms with Gasteiger partial charge in [-0.15, -0.1) is 0 Å². The average Bonchev–Trinajstić information content (AvgIpc) is 3.44. The lowest BCUT2D eigenvalue weighted by Crippen LogP contribution is -2.41. The second-order valence-electron chi connectivity index (χ2n) is 7.01. The number of aryl methyl sites for hydroxylation is 1. The average molecular weight is 397 g/mol. The Hall–Kier alpha value is -1.94. The van der Waals surface area contributed by atoms with E-state index in [1.807, 2.05) is 35.5 Å². The summed E-state index contributed by atoms with van der Waals surface area (Å²) in [5, 5.41) is 0. The van der Waals surface area contributed by atoms with Crippen LogP contribution in [0, 0.1) is 6.92 Å². The molecule has 0 atom stereocenters. The number of pyridine rings is 1. The molecule has 2 aromatic rings. The number of rotatable bonds is 3. The molecule has 0 N–H and O–H groups in total. The molecule has 1 aromatic heterocycles. The van der Waals surface area contributed by atoms with E-state index in [1.165, 1.54) is 16.7 Å². The zero-order valence-electron chi connectivity index (χ0n) is 14.3. The molecule has 0 bridgehead atoms. The van der Waals surface area contributed by atoms with E-state index in [1.54, 1.807) is 0 Å². The summed E-state index contributed by atoms with van der Waals surface area (Å²) in [6, 6.07) is 10.3. The highest BCUT2D eigenvalue weighted by atomic mass is 79.9. The Kier molecular flexibility index (Phi) is 4.24. The van der Waals surface area contributed by atoms with Crippen LogP contribution >= 0.6 is 15.9 Å². The van der Waals surface area contributed by atoms with Crippen molar-refractivity contribution in [3.8, 4) is 0 Å². The highest BCUT2D eigenvalue weighted by molar-refractivity contribution is 9.10. The van der Waals surface area contributed by atoms with Crippen LogP contribution in [-0.2, 0) is 10.2 Å². The van der Waals surface area contributed by atoms with Gasteiger partial charge in [-0.05, 0) is 66.6 Å². The molecule has 1 aliphatic heterocycles. The van der Waals surface area contributed by atoms with Gasteiger partial charge in [-0.25, -0.2) is 0 Å². The molecule has 128 valence electrons. The van der Waals surface area contributed by atoms with Crippen molar-refractivity contribution in [1.82, 2.24) is 9.88 Å². The Morgan fingerprint density at radius 2 is 1.96 bits per heavy atom. The molecule has 3 nitrogen and oxygen atoms in total. The summed E-state index contributed by atoms with van der Waals surface area (Å²) in [6.07, 6.45) is 8.78. The van der Waals surface area contributed by atoms with Crippen molar-refractivity contribution in [3.63, 3.8) is 0 Å². The van der Waals surface area contributed by atoms with Gasteiger partial charge in [0, 0.05) is 30.0 Å². The lowest BCUT2D eigenvalue weighted by atomic mass is 9.92. The second kappa shape index (κ2) is 6.41. The number of aromatic nitrogens is 1. The molecule has 1 aromatic carbocycles. The third-order valence-electron chi connectivity index (χ3n) is 5.44. The molecule has 25 heavy (non-hydrogen) atoms. The van der Waals surface area contributed by atoms with Crippen molar-refractivity contribution in [2.45, 2.75) is 31.6 Å². The van der Waals surface area contributed by atoms with Gasteiger partial charge in [0.2, 0.25) is 5.91 Å². The van der Waals surface area contributed by atoms with Crippen LogP contribution in [-0.4, -0.2) is 28.9 Å². The van der Waals surface area contributed by atoms with Gasteiger partial charge >= 0.3 is 0 Å². The molecule has 1 fully saturated rings. The van der Waals surface area contributed by atoms with Gasteiger partial charge in [0.1, 0.15) is 0 Å².